The fraction of sp³-hybridized carbons (Fsp3) is 0.583. The fourth-order valence-corrected chi connectivity index (χ4v) is 4.31. The highest BCUT2D eigenvalue weighted by Crippen LogP contribution is 2.26. The lowest BCUT2D eigenvalue weighted by atomic mass is 10.1. The zero-order chi connectivity index (χ0) is 26.0. The molecule has 0 saturated carbocycles. The van der Waals surface area contributed by atoms with Crippen LogP contribution in [0.5, 0.6) is 0 Å². The molecule has 0 N–H and O–H groups in total. The second-order valence-corrected chi connectivity index (χ2v) is 9.73. The van der Waals surface area contributed by atoms with E-state index in [1.165, 1.54) is 4.90 Å². The molecule has 1 aromatic rings. The van der Waals surface area contributed by atoms with E-state index in [0.29, 0.717) is 35.4 Å². The van der Waals surface area contributed by atoms with Crippen molar-refractivity contribution in [1.29, 1.82) is 0 Å². The SMILES string of the molecule is CC(C)(C)OC(=O)N1CCCC1CN(CCCCN1C(=O)c2ccccc2C1=O)C(=O)C(F)(F)F. The molecule has 1 atom stereocenters. The van der Waals surface area contributed by atoms with E-state index in [1.807, 2.05) is 0 Å². The molecule has 0 radical (unpaired) electrons. The highest BCUT2D eigenvalue weighted by Gasteiger charge is 2.44. The summed E-state index contributed by atoms with van der Waals surface area (Å²) in [4.78, 5) is 52.6. The summed E-state index contributed by atoms with van der Waals surface area (Å²) < 4.78 is 45.2. The topological polar surface area (TPSA) is 87.2 Å². The lowest BCUT2D eigenvalue weighted by molar-refractivity contribution is -0.186. The van der Waals surface area contributed by atoms with Gasteiger partial charge in [-0.3, -0.25) is 19.3 Å². The molecular weight excluding hydrogens is 467 g/mol. The minimum absolute atomic E-state index is 0.0356. The number of carbonyl (C=O) groups excluding carboxylic acids is 4. The van der Waals surface area contributed by atoms with Crippen LogP contribution in [0.15, 0.2) is 24.3 Å². The van der Waals surface area contributed by atoms with Gasteiger partial charge in [0.15, 0.2) is 0 Å². The van der Waals surface area contributed by atoms with Crippen LogP contribution < -0.4 is 0 Å². The first-order chi connectivity index (χ1) is 16.3. The van der Waals surface area contributed by atoms with Gasteiger partial charge in [-0.2, -0.15) is 13.2 Å². The van der Waals surface area contributed by atoms with Gasteiger partial charge >= 0.3 is 18.2 Å². The van der Waals surface area contributed by atoms with E-state index < -0.39 is 41.6 Å². The lowest BCUT2D eigenvalue weighted by Gasteiger charge is -2.32. The molecule has 0 bridgehead atoms. The van der Waals surface area contributed by atoms with E-state index in [1.54, 1.807) is 45.0 Å². The molecule has 1 fully saturated rings. The molecule has 4 amide bonds. The average Bonchev–Trinajstić information content (AvgIpc) is 3.32. The Bertz CT molecular complexity index is 954. The highest BCUT2D eigenvalue weighted by molar-refractivity contribution is 6.21. The van der Waals surface area contributed by atoms with Crippen molar-refractivity contribution in [2.75, 3.05) is 26.2 Å². The maximum atomic E-state index is 13.3. The number of amides is 4. The van der Waals surface area contributed by atoms with Crippen molar-refractivity contribution in [3.05, 3.63) is 35.4 Å². The largest absolute Gasteiger partial charge is 0.471 e. The Morgan fingerprint density at radius 1 is 1.06 bits per heavy atom. The minimum Gasteiger partial charge on any atom is -0.444 e. The monoisotopic (exact) mass is 497 g/mol. The van der Waals surface area contributed by atoms with Gasteiger partial charge in [0.05, 0.1) is 17.2 Å². The maximum absolute atomic E-state index is 13.3. The second-order valence-electron chi connectivity index (χ2n) is 9.73. The molecule has 0 aromatic heterocycles. The molecule has 1 saturated heterocycles. The number of rotatable bonds is 7. The number of nitrogens with zero attached hydrogens (tertiary/aromatic N) is 3. The molecule has 35 heavy (non-hydrogen) atoms. The number of carbonyl (C=O) groups is 4. The smallest absolute Gasteiger partial charge is 0.444 e. The Labute approximate surface area is 202 Å². The average molecular weight is 498 g/mol. The fourth-order valence-electron chi connectivity index (χ4n) is 4.31. The lowest BCUT2D eigenvalue weighted by Crippen LogP contribution is -2.50. The maximum Gasteiger partial charge on any atom is 0.471 e. The zero-order valence-electron chi connectivity index (χ0n) is 20.1. The predicted octanol–water partition coefficient (Wildman–Crippen LogP) is 3.85. The summed E-state index contributed by atoms with van der Waals surface area (Å²) in [6.45, 7) is 4.98. The standard InChI is InChI=1S/C24H30F3N3O5/c1-23(2,3)35-22(34)29-14-8-9-16(29)15-28(21(33)24(25,26)27)12-6-7-13-30-19(31)17-10-4-5-11-18(17)20(30)32/h4-5,10-11,16H,6-9,12-15H2,1-3H3. The Morgan fingerprint density at radius 2 is 1.66 bits per heavy atom. The minimum atomic E-state index is -5.06. The van der Waals surface area contributed by atoms with Crippen LogP contribution in [0.4, 0.5) is 18.0 Å². The molecule has 2 aliphatic heterocycles. The summed E-state index contributed by atoms with van der Waals surface area (Å²) >= 11 is 0. The predicted molar refractivity (Wildman–Crippen MR) is 120 cm³/mol. The highest BCUT2D eigenvalue weighted by atomic mass is 19.4. The van der Waals surface area contributed by atoms with Gasteiger partial charge in [0.1, 0.15) is 5.60 Å². The van der Waals surface area contributed by atoms with Gasteiger partial charge in [0.25, 0.3) is 11.8 Å². The number of unbranched alkanes of at least 4 members (excludes halogenated alkanes) is 1. The van der Waals surface area contributed by atoms with Crippen LogP contribution in [0.2, 0.25) is 0 Å². The summed E-state index contributed by atoms with van der Waals surface area (Å²) in [6, 6.07) is 5.82. The summed E-state index contributed by atoms with van der Waals surface area (Å²) in [5.74, 6) is -2.85. The summed E-state index contributed by atoms with van der Waals surface area (Å²) in [5.41, 5.74) is -0.153. The van der Waals surface area contributed by atoms with Crippen LogP contribution in [-0.4, -0.2) is 82.5 Å². The first-order valence-corrected chi connectivity index (χ1v) is 11.6. The third-order valence-corrected chi connectivity index (χ3v) is 5.90. The molecule has 0 spiro atoms. The third-order valence-electron chi connectivity index (χ3n) is 5.90. The molecular formula is C24H30F3N3O5. The first-order valence-electron chi connectivity index (χ1n) is 11.6. The van der Waals surface area contributed by atoms with Crippen LogP contribution in [0.3, 0.4) is 0 Å². The Balaban J connectivity index is 1.60. The van der Waals surface area contributed by atoms with Crippen molar-refractivity contribution >= 4 is 23.8 Å². The molecule has 2 aliphatic rings. The van der Waals surface area contributed by atoms with Gasteiger partial charge in [-0.05, 0) is 58.6 Å². The van der Waals surface area contributed by atoms with Crippen molar-refractivity contribution in [1.82, 2.24) is 14.7 Å². The van der Waals surface area contributed by atoms with E-state index in [2.05, 4.69) is 0 Å². The van der Waals surface area contributed by atoms with Crippen LogP contribution in [0, 0.1) is 0 Å². The molecule has 3 rings (SSSR count). The Kier molecular flexibility index (Phi) is 7.76. The van der Waals surface area contributed by atoms with Crippen molar-refractivity contribution < 1.29 is 37.1 Å². The number of hydrogen-bond donors (Lipinski definition) is 0. The van der Waals surface area contributed by atoms with Crippen molar-refractivity contribution in [2.45, 2.75) is 64.3 Å². The van der Waals surface area contributed by atoms with Crippen LogP contribution in [0.1, 0.15) is 67.2 Å². The van der Waals surface area contributed by atoms with Gasteiger partial charge < -0.3 is 14.5 Å². The molecule has 1 aromatic carbocycles. The number of fused-ring (bicyclic) bond motifs is 1. The number of likely N-dealkylation sites (tertiary alicyclic amines) is 1. The zero-order valence-corrected chi connectivity index (χ0v) is 20.1. The number of hydrogen-bond acceptors (Lipinski definition) is 5. The number of halogens is 3. The van der Waals surface area contributed by atoms with Gasteiger partial charge in [-0.15, -0.1) is 0 Å². The number of ether oxygens (including phenoxy) is 1. The molecule has 2 heterocycles. The number of imide groups is 1. The Hall–Kier alpha value is -3.11. The van der Waals surface area contributed by atoms with E-state index in [9.17, 15) is 32.3 Å². The summed E-state index contributed by atoms with van der Waals surface area (Å²) in [7, 11) is 0. The third kappa shape index (κ3) is 6.32. The van der Waals surface area contributed by atoms with E-state index in [4.69, 9.17) is 4.74 Å². The summed E-state index contributed by atoms with van der Waals surface area (Å²) in [6.07, 6.45) is -4.25. The van der Waals surface area contributed by atoms with Crippen molar-refractivity contribution in [3.8, 4) is 0 Å². The van der Waals surface area contributed by atoms with Crippen molar-refractivity contribution in [3.63, 3.8) is 0 Å². The number of alkyl halides is 3. The van der Waals surface area contributed by atoms with E-state index >= 15 is 0 Å². The first kappa shape index (κ1) is 26.5. The molecule has 192 valence electrons. The molecule has 1 unspecified atom stereocenters. The Morgan fingerprint density at radius 3 is 2.20 bits per heavy atom. The van der Waals surface area contributed by atoms with Gasteiger partial charge in [0.2, 0.25) is 0 Å². The number of benzene rings is 1. The van der Waals surface area contributed by atoms with E-state index in [0.717, 1.165) is 4.90 Å². The normalized spacial score (nSPS) is 18.2. The van der Waals surface area contributed by atoms with Crippen LogP contribution >= 0.6 is 0 Å². The van der Waals surface area contributed by atoms with Crippen molar-refractivity contribution in [2.24, 2.45) is 0 Å². The molecule has 8 nitrogen and oxygen atoms in total. The second kappa shape index (κ2) is 10.2. The quantitative estimate of drug-likeness (QED) is 0.422. The van der Waals surface area contributed by atoms with Crippen LogP contribution in [0.25, 0.3) is 0 Å². The van der Waals surface area contributed by atoms with Gasteiger partial charge in [0, 0.05) is 26.2 Å². The molecule has 11 heteroatoms. The van der Waals surface area contributed by atoms with Crippen LogP contribution in [-0.2, 0) is 9.53 Å². The van der Waals surface area contributed by atoms with Gasteiger partial charge in [-0.1, -0.05) is 12.1 Å². The van der Waals surface area contributed by atoms with E-state index in [-0.39, 0.29) is 32.5 Å². The molecule has 0 aliphatic carbocycles. The summed E-state index contributed by atoms with van der Waals surface area (Å²) in [5, 5.41) is 0. The van der Waals surface area contributed by atoms with Gasteiger partial charge in [-0.25, -0.2) is 4.79 Å².